The first-order valence-corrected chi connectivity index (χ1v) is 7.21. The Morgan fingerprint density at radius 2 is 2.06 bits per heavy atom. The van der Waals surface area contributed by atoms with Crippen molar-refractivity contribution in [3.8, 4) is 0 Å². The SMILES string of the molecule is CNCC1(O)CCN(c2ccc(C)c(Br)c2)CC1. The van der Waals surface area contributed by atoms with Crippen LogP contribution >= 0.6 is 15.9 Å². The quantitative estimate of drug-likeness (QED) is 0.899. The molecule has 1 aromatic rings. The number of hydrogen-bond donors (Lipinski definition) is 2. The molecular formula is C14H21BrN2O. The lowest BCUT2D eigenvalue weighted by atomic mass is 9.91. The van der Waals surface area contributed by atoms with Crippen molar-refractivity contribution in [1.29, 1.82) is 0 Å². The van der Waals surface area contributed by atoms with Gasteiger partial charge in [-0.25, -0.2) is 0 Å². The van der Waals surface area contributed by atoms with Crippen LogP contribution in [0.4, 0.5) is 5.69 Å². The third kappa shape index (κ3) is 3.05. The molecule has 0 spiro atoms. The van der Waals surface area contributed by atoms with Gasteiger partial charge in [-0.2, -0.15) is 0 Å². The summed E-state index contributed by atoms with van der Waals surface area (Å²) in [6, 6.07) is 6.45. The van der Waals surface area contributed by atoms with Gasteiger partial charge in [0.2, 0.25) is 0 Å². The number of nitrogens with zero attached hydrogens (tertiary/aromatic N) is 1. The van der Waals surface area contributed by atoms with Gasteiger partial charge in [-0.15, -0.1) is 0 Å². The average molecular weight is 313 g/mol. The molecule has 0 saturated carbocycles. The molecule has 0 unspecified atom stereocenters. The molecule has 1 heterocycles. The van der Waals surface area contributed by atoms with Crippen LogP contribution in [-0.2, 0) is 0 Å². The number of halogens is 1. The maximum atomic E-state index is 10.3. The van der Waals surface area contributed by atoms with Gasteiger partial charge in [0.25, 0.3) is 0 Å². The molecule has 1 saturated heterocycles. The number of piperidine rings is 1. The molecule has 0 bridgehead atoms. The maximum absolute atomic E-state index is 10.3. The molecule has 100 valence electrons. The highest BCUT2D eigenvalue weighted by Gasteiger charge is 2.31. The van der Waals surface area contributed by atoms with Crippen LogP contribution in [0.1, 0.15) is 18.4 Å². The Morgan fingerprint density at radius 3 is 2.61 bits per heavy atom. The second-order valence-corrected chi connectivity index (χ2v) is 6.03. The third-order valence-electron chi connectivity index (χ3n) is 3.72. The van der Waals surface area contributed by atoms with Gasteiger partial charge in [-0.3, -0.25) is 0 Å². The summed E-state index contributed by atoms with van der Waals surface area (Å²) in [6.45, 7) is 4.59. The van der Waals surface area contributed by atoms with E-state index in [4.69, 9.17) is 0 Å². The predicted octanol–water partition coefficient (Wildman–Crippen LogP) is 2.31. The Bertz CT molecular complexity index is 414. The second-order valence-electron chi connectivity index (χ2n) is 5.18. The highest BCUT2D eigenvalue weighted by atomic mass is 79.9. The van der Waals surface area contributed by atoms with Crippen molar-refractivity contribution in [3.63, 3.8) is 0 Å². The molecule has 0 radical (unpaired) electrons. The average Bonchev–Trinajstić information content (AvgIpc) is 2.34. The normalized spacial score (nSPS) is 19.0. The third-order valence-corrected chi connectivity index (χ3v) is 4.57. The molecule has 1 aliphatic rings. The Labute approximate surface area is 117 Å². The number of aryl methyl sites for hydroxylation is 1. The van der Waals surface area contributed by atoms with Crippen molar-refractivity contribution in [2.45, 2.75) is 25.4 Å². The number of anilines is 1. The fraction of sp³-hybridized carbons (Fsp3) is 0.571. The first-order chi connectivity index (χ1) is 8.54. The highest BCUT2D eigenvalue weighted by molar-refractivity contribution is 9.10. The minimum absolute atomic E-state index is 0.535. The lowest BCUT2D eigenvalue weighted by Crippen LogP contribution is -2.49. The van der Waals surface area contributed by atoms with E-state index >= 15 is 0 Å². The van der Waals surface area contributed by atoms with E-state index in [9.17, 15) is 5.11 Å². The fourth-order valence-corrected chi connectivity index (χ4v) is 2.83. The van der Waals surface area contributed by atoms with Crippen molar-refractivity contribution in [3.05, 3.63) is 28.2 Å². The lowest BCUT2D eigenvalue weighted by molar-refractivity contribution is 0.0185. The summed E-state index contributed by atoms with van der Waals surface area (Å²) < 4.78 is 1.15. The van der Waals surface area contributed by atoms with E-state index in [1.807, 2.05) is 7.05 Å². The van der Waals surface area contributed by atoms with Crippen molar-refractivity contribution < 1.29 is 5.11 Å². The van der Waals surface area contributed by atoms with Gasteiger partial charge in [-0.1, -0.05) is 22.0 Å². The van der Waals surface area contributed by atoms with Crippen LogP contribution in [0, 0.1) is 6.92 Å². The molecule has 2 rings (SSSR count). The summed E-state index contributed by atoms with van der Waals surface area (Å²) >= 11 is 3.57. The van der Waals surface area contributed by atoms with Gasteiger partial charge in [0, 0.05) is 29.8 Å². The zero-order valence-corrected chi connectivity index (χ0v) is 12.6. The molecular weight excluding hydrogens is 292 g/mol. The zero-order chi connectivity index (χ0) is 13.2. The monoisotopic (exact) mass is 312 g/mol. The molecule has 0 amide bonds. The first-order valence-electron chi connectivity index (χ1n) is 6.42. The summed E-state index contributed by atoms with van der Waals surface area (Å²) in [6.07, 6.45) is 1.64. The van der Waals surface area contributed by atoms with Gasteiger partial charge in [0.05, 0.1) is 5.60 Å². The van der Waals surface area contributed by atoms with Gasteiger partial charge in [-0.05, 0) is 44.5 Å². The van der Waals surface area contributed by atoms with Crippen molar-refractivity contribution in [2.75, 3.05) is 31.6 Å². The second kappa shape index (κ2) is 5.59. The number of likely N-dealkylation sites (N-methyl/N-ethyl adjacent to an activating group) is 1. The zero-order valence-electron chi connectivity index (χ0n) is 11.0. The smallest absolute Gasteiger partial charge is 0.0805 e. The first kappa shape index (κ1) is 13.8. The number of benzene rings is 1. The summed E-state index contributed by atoms with van der Waals surface area (Å²) in [4.78, 5) is 2.34. The Morgan fingerprint density at radius 1 is 1.39 bits per heavy atom. The van der Waals surface area contributed by atoms with E-state index in [0.717, 1.165) is 30.4 Å². The predicted molar refractivity (Wildman–Crippen MR) is 79.2 cm³/mol. The van der Waals surface area contributed by atoms with Crippen molar-refractivity contribution in [1.82, 2.24) is 5.32 Å². The van der Waals surface area contributed by atoms with E-state index in [-0.39, 0.29) is 0 Å². The summed E-state index contributed by atoms with van der Waals surface area (Å²) in [5.74, 6) is 0. The van der Waals surface area contributed by atoms with E-state index in [2.05, 4.69) is 51.3 Å². The van der Waals surface area contributed by atoms with Gasteiger partial charge in [0.15, 0.2) is 0 Å². The molecule has 2 N–H and O–H groups in total. The number of aliphatic hydroxyl groups is 1. The van der Waals surface area contributed by atoms with Crippen LogP contribution in [-0.4, -0.2) is 37.4 Å². The molecule has 3 nitrogen and oxygen atoms in total. The summed E-state index contributed by atoms with van der Waals surface area (Å²) in [5, 5.41) is 13.4. The summed E-state index contributed by atoms with van der Waals surface area (Å²) in [7, 11) is 1.89. The van der Waals surface area contributed by atoms with Crippen LogP contribution in [0.2, 0.25) is 0 Å². The molecule has 1 aliphatic heterocycles. The molecule has 1 aromatic carbocycles. The molecule has 18 heavy (non-hydrogen) atoms. The van der Waals surface area contributed by atoms with E-state index in [1.165, 1.54) is 11.3 Å². The van der Waals surface area contributed by atoms with E-state index in [0.29, 0.717) is 6.54 Å². The number of rotatable bonds is 3. The van der Waals surface area contributed by atoms with Gasteiger partial charge in [0.1, 0.15) is 0 Å². The van der Waals surface area contributed by atoms with E-state index < -0.39 is 5.60 Å². The van der Waals surface area contributed by atoms with Crippen LogP contribution in [0.3, 0.4) is 0 Å². The topological polar surface area (TPSA) is 35.5 Å². The van der Waals surface area contributed by atoms with E-state index in [1.54, 1.807) is 0 Å². The minimum atomic E-state index is -0.535. The highest BCUT2D eigenvalue weighted by Crippen LogP contribution is 2.28. The number of nitrogens with one attached hydrogen (secondary N) is 1. The Kier molecular flexibility index (Phi) is 4.30. The Balaban J connectivity index is 2.03. The van der Waals surface area contributed by atoms with Crippen LogP contribution in [0.5, 0.6) is 0 Å². The fourth-order valence-electron chi connectivity index (χ4n) is 2.47. The molecule has 0 aliphatic carbocycles. The largest absolute Gasteiger partial charge is 0.388 e. The van der Waals surface area contributed by atoms with Crippen molar-refractivity contribution in [2.24, 2.45) is 0 Å². The molecule has 4 heteroatoms. The van der Waals surface area contributed by atoms with Crippen LogP contribution in [0.25, 0.3) is 0 Å². The standard InChI is InChI=1S/C14H21BrN2O/c1-11-3-4-12(9-13(11)15)17-7-5-14(18,6-8-17)10-16-2/h3-4,9,16,18H,5-8,10H2,1-2H3. The van der Waals surface area contributed by atoms with Crippen LogP contribution < -0.4 is 10.2 Å². The van der Waals surface area contributed by atoms with Gasteiger partial charge < -0.3 is 15.3 Å². The molecule has 0 aromatic heterocycles. The number of hydrogen-bond acceptors (Lipinski definition) is 3. The maximum Gasteiger partial charge on any atom is 0.0805 e. The van der Waals surface area contributed by atoms with Crippen LogP contribution in [0.15, 0.2) is 22.7 Å². The molecule has 1 fully saturated rings. The lowest BCUT2D eigenvalue weighted by Gasteiger charge is -2.39. The summed E-state index contributed by atoms with van der Waals surface area (Å²) in [5.41, 5.74) is 1.95. The molecule has 0 atom stereocenters. The minimum Gasteiger partial charge on any atom is -0.388 e. The van der Waals surface area contributed by atoms with Gasteiger partial charge >= 0.3 is 0 Å². The Hall–Kier alpha value is -0.580. The van der Waals surface area contributed by atoms with Crippen molar-refractivity contribution >= 4 is 21.6 Å².